The fourth-order valence-electron chi connectivity index (χ4n) is 7.65. The van der Waals surface area contributed by atoms with Gasteiger partial charge >= 0.3 is 11.9 Å². The van der Waals surface area contributed by atoms with Crippen LogP contribution in [0.2, 0.25) is 0 Å². The third-order valence-electron chi connectivity index (χ3n) is 11.4. The lowest BCUT2D eigenvalue weighted by atomic mass is 9.94. The highest BCUT2D eigenvalue weighted by Crippen LogP contribution is 2.22. The second-order valence-corrected chi connectivity index (χ2v) is 16.8. The number of unbranched alkanes of at least 4 members (excludes halogenated alkanes) is 18. The molecular formula is C48H94N2O5. The molecule has 7 heteroatoms. The van der Waals surface area contributed by atoms with Gasteiger partial charge in [-0.2, -0.15) is 0 Å². The molecule has 0 bridgehead atoms. The van der Waals surface area contributed by atoms with Gasteiger partial charge in [-0.25, -0.2) is 0 Å². The van der Waals surface area contributed by atoms with Crippen LogP contribution in [0.25, 0.3) is 0 Å². The maximum Gasteiger partial charge on any atom is 0.308 e. The highest BCUT2D eigenvalue weighted by molar-refractivity contribution is 5.79. The number of carbonyl (C=O) groups is 3. The largest absolute Gasteiger partial charge is 0.464 e. The molecule has 0 fully saturated rings. The molecule has 0 aromatic rings. The summed E-state index contributed by atoms with van der Waals surface area (Å²) in [6.45, 7) is 19.1. The van der Waals surface area contributed by atoms with Crippen molar-refractivity contribution in [2.24, 2.45) is 17.8 Å². The minimum atomic E-state index is -0.196. The van der Waals surface area contributed by atoms with Crippen LogP contribution in [0.3, 0.4) is 0 Å². The fourth-order valence-corrected chi connectivity index (χ4v) is 7.65. The normalized spacial score (nSPS) is 13.2. The van der Waals surface area contributed by atoms with Crippen molar-refractivity contribution >= 4 is 17.8 Å². The van der Waals surface area contributed by atoms with Crippen molar-refractivity contribution in [2.75, 3.05) is 45.9 Å². The molecule has 0 aromatic heterocycles. The fraction of sp³-hybridized carbons (Fsp3) is 0.938. The summed E-state index contributed by atoms with van der Waals surface area (Å²) in [6, 6.07) is 0. The summed E-state index contributed by atoms with van der Waals surface area (Å²) in [6.07, 6.45) is 31.7. The summed E-state index contributed by atoms with van der Waals surface area (Å²) < 4.78 is 11.9. The first-order valence-corrected chi connectivity index (χ1v) is 24.1. The number of hydrogen-bond donors (Lipinski definition) is 0. The van der Waals surface area contributed by atoms with E-state index in [1.807, 2.05) is 6.92 Å². The van der Waals surface area contributed by atoms with Gasteiger partial charge in [0.1, 0.15) is 13.2 Å². The van der Waals surface area contributed by atoms with Crippen LogP contribution in [0, 0.1) is 17.8 Å². The van der Waals surface area contributed by atoms with E-state index in [2.05, 4.69) is 46.4 Å². The first-order chi connectivity index (χ1) is 26.8. The van der Waals surface area contributed by atoms with E-state index < -0.39 is 0 Å². The van der Waals surface area contributed by atoms with Crippen molar-refractivity contribution in [1.29, 1.82) is 0 Å². The van der Waals surface area contributed by atoms with Crippen molar-refractivity contribution < 1.29 is 23.9 Å². The van der Waals surface area contributed by atoms with Crippen molar-refractivity contribution in [3.05, 3.63) is 0 Å². The molecule has 7 nitrogen and oxygen atoms in total. The Labute approximate surface area is 342 Å². The average Bonchev–Trinajstić information content (AvgIpc) is 3.18. The van der Waals surface area contributed by atoms with E-state index in [9.17, 15) is 14.4 Å². The number of hydrogen-bond acceptors (Lipinski definition) is 6. The first-order valence-electron chi connectivity index (χ1n) is 24.1. The van der Waals surface area contributed by atoms with Gasteiger partial charge in [-0.05, 0) is 51.6 Å². The van der Waals surface area contributed by atoms with Gasteiger partial charge in [0.25, 0.3) is 0 Å². The van der Waals surface area contributed by atoms with Crippen LogP contribution in [0.4, 0.5) is 0 Å². The molecule has 3 atom stereocenters. The predicted molar refractivity (Wildman–Crippen MR) is 234 cm³/mol. The van der Waals surface area contributed by atoms with Crippen molar-refractivity contribution in [3.63, 3.8) is 0 Å². The third kappa shape index (κ3) is 30.2. The quantitative estimate of drug-likeness (QED) is 0.0454. The number of amides is 1. The zero-order valence-electron chi connectivity index (χ0n) is 37.9. The molecule has 0 radical (unpaired) electrons. The second-order valence-electron chi connectivity index (χ2n) is 16.8. The van der Waals surface area contributed by atoms with E-state index in [-0.39, 0.29) is 48.8 Å². The lowest BCUT2D eigenvalue weighted by Crippen LogP contribution is -2.44. The Morgan fingerprint density at radius 3 is 1.07 bits per heavy atom. The summed E-state index contributed by atoms with van der Waals surface area (Å²) in [5.74, 6) is -0.502. The smallest absolute Gasteiger partial charge is 0.308 e. The molecule has 0 saturated carbocycles. The standard InChI is InChI=1S/C48H94N2O5/c1-8-14-20-24-26-30-34-44(32-28-22-16-10-3)47(52)54-40-38-50(46(51)43(7)42-49(36-18-12-5)37-19-13-6)39-41-55-48(53)45(33-29-23-17-11-4)35-31-27-25-21-15-9-2/h43-45H,8-42H2,1-7H3. The summed E-state index contributed by atoms with van der Waals surface area (Å²) in [5.41, 5.74) is 0. The predicted octanol–water partition coefficient (Wildman–Crippen LogP) is 13.1. The molecule has 55 heavy (non-hydrogen) atoms. The molecule has 0 N–H and O–H groups in total. The van der Waals surface area contributed by atoms with Crippen LogP contribution in [0.15, 0.2) is 0 Å². The molecule has 0 spiro atoms. The molecule has 0 saturated heterocycles. The Morgan fingerprint density at radius 1 is 0.418 bits per heavy atom. The van der Waals surface area contributed by atoms with Gasteiger partial charge < -0.3 is 19.3 Å². The van der Waals surface area contributed by atoms with Gasteiger partial charge in [-0.1, -0.05) is 190 Å². The molecule has 0 aliphatic rings. The highest BCUT2D eigenvalue weighted by Gasteiger charge is 2.26. The van der Waals surface area contributed by atoms with E-state index in [4.69, 9.17) is 9.47 Å². The average molecular weight is 779 g/mol. The lowest BCUT2D eigenvalue weighted by Gasteiger charge is -2.30. The summed E-state index contributed by atoms with van der Waals surface area (Å²) >= 11 is 0. The van der Waals surface area contributed by atoms with Crippen molar-refractivity contribution in [2.45, 2.75) is 228 Å². The third-order valence-corrected chi connectivity index (χ3v) is 11.4. The second kappa shape index (κ2) is 39.2. The molecule has 326 valence electrons. The minimum Gasteiger partial charge on any atom is -0.464 e. The maximum atomic E-state index is 14.1. The van der Waals surface area contributed by atoms with Gasteiger partial charge in [0.2, 0.25) is 5.91 Å². The number of nitrogens with zero attached hydrogens (tertiary/aromatic N) is 2. The number of carbonyl (C=O) groups excluding carboxylic acids is 3. The molecule has 0 aromatic carbocycles. The van der Waals surface area contributed by atoms with Crippen LogP contribution in [-0.2, 0) is 23.9 Å². The zero-order valence-corrected chi connectivity index (χ0v) is 37.9. The molecule has 0 rings (SSSR count). The van der Waals surface area contributed by atoms with Crippen molar-refractivity contribution in [3.8, 4) is 0 Å². The van der Waals surface area contributed by atoms with Crippen molar-refractivity contribution in [1.82, 2.24) is 9.80 Å². The molecule has 1 amide bonds. The van der Waals surface area contributed by atoms with Gasteiger partial charge in [0.05, 0.1) is 24.9 Å². The topological polar surface area (TPSA) is 76.1 Å². The summed E-state index contributed by atoms with van der Waals surface area (Å²) in [7, 11) is 0. The Morgan fingerprint density at radius 2 is 0.727 bits per heavy atom. The van der Waals surface area contributed by atoms with E-state index in [0.29, 0.717) is 19.6 Å². The SMILES string of the molecule is CCCCCCCCC(CCCCCC)C(=O)OCCN(CCOC(=O)C(CCCCCC)CCCCCCCC)C(=O)C(C)CN(CCCC)CCCC. The highest BCUT2D eigenvalue weighted by atomic mass is 16.5. The van der Waals surface area contributed by atoms with Gasteiger partial charge in [0.15, 0.2) is 0 Å². The Hall–Kier alpha value is -1.63. The van der Waals surface area contributed by atoms with E-state index >= 15 is 0 Å². The van der Waals surface area contributed by atoms with Crippen LogP contribution in [-0.4, -0.2) is 73.6 Å². The van der Waals surface area contributed by atoms with Crippen LogP contribution >= 0.6 is 0 Å². The van der Waals surface area contributed by atoms with Gasteiger partial charge in [-0.15, -0.1) is 0 Å². The first kappa shape index (κ1) is 53.4. The van der Waals surface area contributed by atoms with E-state index in [1.54, 1.807) is 4.90 Å². The zero-order chi connectivity index (χ0) is 40.8. The summed E-state index contributed by atoms with van der Waals surface area (Å²) in [5, 5.41) is 0. The van der Waals surface area contributed by atoms with Gasteiger partial charge in [-0.3, -0.25) is 14.4 Å². The molecule has 0 heterocycles. The summed E-state index contributed by atoms with van der Waals surface area (Å²) in [4.78, 5) is 45.2. The lowest BCUT2D eigenvalue weighted by molar-refractivity contribution is -0.153. The Bertz CT molecular complexity index is 824. The molecular weight excluding hydrogens is 685 g/mol. The maximum absolute atomic E-state index is 14.1. The number of rotatable bonds is 41. The number of esters is 2. The van der Waals surface area contributed by atoms with Crippen LogP contribution < -0.4 is 0 Å². The molecule has 3 unspecified atom stereocenters. The number of ether oxygens (including phenoxy) is 2. The van der Waals surface area contributed by atoms with E-state index in [0.717, 1.165) is 103 Å². The van der Waals surface area contributed by atoms with E-state index in [1.165, 1.54) is 89.9 Å². The molecule has 0 aliphatic carbocycles. The molecule has 0 aliphatic heterocycles. The Balaban J connectivity index is 5.63. The Kier molecular flexibility index (Phi) is 38.0. The minimum absolute atomic E-state index is 0.0523. The van der Waals surface area contributed by atoms with Gasteiger partial charge in [0, 0.05) is 12.5 Å². The monoisotopic (exact) mass is 779 g/mol. The van der Waals surface area contributed by atoms with Crippen LogP contribution in [0.5, 0.6) is 0 Å². The van der Waals surface area contributed by atoms with Crippen LogP contribution in [0.1, 0.15) is 228 Å².